The average molecular weight is 233 g/mol. The molecule has 1 rings (SSSR count). The van der Waals surface area contributed by atoms with E-state index in [9.17, 15) is 0 Å². The Balaban J connectivity index is 2.78. The van der Waals surface area contributed by atoms with Gasteiger partial charge in [0, 0.05) is 25.9 Å². The van der Waals surface area contributed by atoms with Crippen LogP contribution in [-0.2, 0) is 4.74 Å². The molecule has 0 saturated carbocycles. The van der Waals surface area contributed by atoms with Crippen LogP contribution in [-0.4, -0.2) is 31.7 Å². The second-order valence-corrected chi connectivity index (χ2v) is 4.33. The number of benzene rings is 1. The second kappa shape index (κ2) is 7.13. The van der Waals surface area contributed by atoms with Gasteiger partial charge >= 0.3 is 0 Å². The van der Waals surface area contributed by atoms with Crippen molar-refractivity contribution in [3.63, 3.8) is 0 Å². The third kappa shape index (κ3) is 4.23. The van der Waals surface area contributed by atoms with E-state index < -0.39 is 0 Å². The van der Waals surface area contributed by atoms with E-state index in [0.717, 1.165) is 19.8 Å². The molecule has 0 amide bonds. The van der Waals surface area contributed by atoms with Crippen LogP contribution in [0.1, 0.15) is 26.3 Å². The van der Waals surface area contributed by atoms with Gasteiger partial charge in [0.15, 0.2) is 0 Å². The van der Waals surface area contributed by atoms with Gasteiger partial charge in [0.05, 0.1) is 6.61 Å². The molecule has 0 fully saturated rings. The third-order valence-corrected chi connectivity index (χ3v) is 2.68. The van der Waals surface area contributed by atoms with Crippen LogP contribution in [0.25, 0.3) is 5.70 Å². The van der Waals surface area contributed by atoms with E-state index in [0.29, 0.717) is 0 Å². The van der Waals surface area contributed by atoms with Gasteiger partial charge in [-0.25, -0.2) is 0 Å². The molecule has 0 unspecified atom stereocenters. The summed E-state index contributed by atoms with van der Waals surface area (Å²) in [4.78, 5) is 2.26. The van der Waals surface area contributed by atoms with Crippen molar-refractivity contribution in [2.45, 2.75) is 20.8 Å². The number of hydrogen-bond acceptors (Lipinski definition) is 2. The Morgan fingerprint density at radius 1 is 1.18 bits per heavy atom. The zero-order valence-corrected chi connectivity index (χ0v) is 11.4. The highest BCUT2D eigenvalue weighted by molar-refractivity contribution is 5.66. The summed E-state index contributed by atoms with van der Waals surface area (Å²) >= 11 is 0. The van der Waals surface area contributed by atoms with E-state index in [4.69, 9.17) is 4.74 Å². The largest absolute Gasteiger partial charge is 0.380 e. The van der Waals surface area contributed by atoms with Crippen LogP contribution in [0.15, 0.2) is 35.9 Å². The van der Waals surface area contributed by atoms with Gasteiger partial charge in [-0.1, -0.05) is 35.9 Å². The number of allylic oxidation sites excluding steroid dienone is 1. The van der Waals surface area contributed by atoms with E-state index in [2.05, 4.69) is 50.1 Å². The van der Waals surface area contributed by atoms with Crippen molar-refractivity contribution in [2.75, 3.05) is 26.8 Å². The van der Waals surface area contributed by atoms with Crippen LogP contribution in [0.2, 0.25) is 0 Å². The molecule has 0 aliphatic heterocycles. The molecule has 17 heavy (non-hydrogen) atoms. The zero-order chi connectivity index (χ0) is 12.7. The third-order valence-electron chi connectivity index (χ3n) is 2.68. The first-order valence-electron chi connectivity index (χ1n) is 6.18. The van der Waals surface area contributed by atoms with Crippen LogP contribution < -0.4 is 0 Å². The summed E-state index contributed by atoms with van der Waals surface area (Å²) in [6.07, 6.45) is 0. The Bertz CT molecular complexity index is 352. The fraction of sp³-hybridized carbons (Fsp3) is 0.467. The fourth-order valence-corrected chi connectivity index (χ4v) is 1.94. The maximum Gasteiger partial charge on any atom is 0.0641 e. The molecule has 0 saturated heterocycles. The van der Waals surface area contributed by atoms with Gasteiger partial charge in [-0.15, -0.1) is 0 Å². The average Bonchev–Trinajstić information content (AvgIpc) is 2.30. The summed E-state index contributed by atoms with van der Waals surface area (Å²) in [5.41, 5.74) is 3.90. The van der Waals surface area contributed by atoms with Gasteiger partial charge in [-0.2, -0.15) is 0 Å². The maximum absolute atomic E-state index is 5.41. The number of nitrogens with zero attached hydrogens (tertiary/aromatic N) is 1. The smallest absolute Gasteiger partial charge is 0.0641 e. The number of likely N-dealkylation sites (N-methyl/N-ethyl adjacent to an activating group) is 1. The molecular formula is C15H23NO. The molecule has 0 spiro atoms. The summed E-state index contributed by atoms with van der Waals surface area (Å²) in [7, 11) is 2.12. The molecule has 0 aliphatic rings. The Morgan fingerprint density at radius 3 is 2.35 bits per heavy atom. The Morgan fingerprint density at radius 2 is 1.82 bits per heavy atom. The van der Waals surface area contributed by atoms with Crippen molar-refractivity contribution in [3.8, 4) is 0 Å². The topological polar surface area (TPSA) is 12.5 Å². The normalized spacial score (nSPS) is 10.1. The zero-order valence-electron chi connectivity index (χ0n) is 11.4. The van der Waals surface area contributed by atoms with Crippen molar-refractivity contribution < 1.29 is 4.74 Å². The van der Waals surface area contributed by atoms with Gasteiger partial charge in [-0.05, 0) is 26.3 Å². The van der Waals surface area contributed by atoms with Crippen molar-refractivity contribution in [3.05, 3.63) is 41.5 Å². The number of rotatable bonds is 6. The Hall–Kier alpha value is -1.28. The highest BCUT2D eigenvalue weighted by Gasteiger charge is 2.08. The van der Waals surface area contributed by atoms with Gasteiger partial charge < -0.3 is 9.64 Å². The molecule has 0 aromatic heterocycles. The van der Waals surface area contributed by atoms with Crippen LogP contribution in [0.4, 0.5) is 0 Å². The van der Waals surface area contributed by atoms with Gasteiger partial charge in [0.1, 0.15) is 0 Å². The SMILES string of the molecule is CCOCCN(C)C(=C(C)C)c1ccccc1. The van der Waals surface area contributed by atoms with E-state index in [1.807, 2.05) is 13.0 Å². The summed E-state index contributed by atoms with van der Waals surface area (Å²) in [5, 5.41) is 0. The van der Waals surface area contributed by atoms with Crippen molar-refractivity contribution in [1.29, 1.82) is 0 Å². The molecule has 0 aliphatic carbocycles. The predicted molar refractivity (Wildman–Crippen MR) is 73.8 cm³/mol. The number of hydrogen-bond donors (Lipinski definition) is 0. The molecule has 0 N–H and O–H groups in total. The standard InChI is InChI=1S/C15H23NO/c1-5-17-12-11-16(4)15(13(2)3)14-9-7-6-8-10-14/h6-10H,5,11-12H2,1-4H3. The summed E-state index contributed by atoms with van der Waals surface area (Å²) in [6, 6.07) is 10.5. The van der Waals surface area contributed by atoms with Crippen LogP contribution >= 0.6 is 0 Å². The van der Waals surface area contributed by atoms with E-state index in [1.54, 1.807) is 0 Å². The lowest BCUT2D eigenvalue weighted by Gasteiger charge is -2.24. The van der Waals surface area contributed by atoms with Crippen molar-refractivity contribution >= 4 is 5.70 Å². The number of ether oxygens (including phenoxy) is 1. The molecule has 1 aromatic rings. The second-order valence-electron chi connectivity index (χ2n) is 4.33. The lowest BCUT2D eigenvalue weighted by atomic mass is 10.1. The van der Waals surface area contributed by atoms with Crippen molar-refractivity contribution in [2.24, 2.45) is 0 Å². The van der Waals surface area contributed by atoms with E-state index >= 15 is 0 Å². The highest BCUT2D eigenvalue weighted by atomic mass is 16.5. The first-order chi connectivity index (χ1) is 8.16. The van der Waals surface area contributed by atoms with E-state index in [-0.39, 0.29) is 0 Å². The lowest BCUT2D eigenvalue weighted by molar-refractivity contribution is 0.135. The molecule has 0 atom stereocenters. The molecular weight excluding hydrogens is 210 g/mol. The van der Waals surface area contributed by atoms with Gasteiger partial charge in [0.2, 0.25) is 0 Å². The summed E-state index contributed by atoms with van der Waals surface area (Å²) < 4.78 is 5.41. The van der Waals surface area contributed by atoms with Crippen LogP contribution in [0.3, 0.4) is 0 Å². The quantitative estimate of drug-likeness (QED) is 0.698. The molecule has 0 bridgehead atoms. The molecule has 94 valence electrons. The fourth-order valence-electron chi connectivity index (χ4n) is 1.94. The maximum atomic E-state index is 5.41. The summed E-state index contributed by atoms with van der Waals surface area (Å²) in [6.45, 7) is 8.81. The van der Waals surface area contributed by atoms with Crippen LogP contribution in [0.5, 0.6) is 0 Å². The predicted octanol–water partition coefficient (Wildman–Crippen LogP) is 3.41. The lowest BCUT2D eigenvalue weighted by Crippen LogP contribution is -2.22. The summed E-state index contributed by atoms with van der Waals surface area (Å²) in [5.74, 6) is 0. The Labute approximate surface area is 105 Å². The van der Waals surface area contributed by atoms with Crippen LogP contribution in [0, 0.1) is 0 Å². The first-order valence-corrected chi connectivity index (χ1v) is 6.18. The monoisotopic (exact) mass is 233 g/mol. The van der Waals surface area contributed by atoms with Gasteiger partial charge in [0.25, 0.3) is 0 Å². The van der Waals surface area contributed by atoms with E-state index in [1.165, 1.54) is 16.8 Å². The Kier molecular flexibility index (Phi) is 5.78. The van der Waals surface area contributed by atoms with Gasteiger partial charge in [-0.3, -0.25) is 0 Å². The molecule has 0 radical (unpaired) electrons. The molecule has 2 nitrogen and oxygen atoms in total. The minimum atomic E-state index is 0.774. The molecule has 1 aromatic carbocycles. The highest BCUT2D eigenvalue weighted by Crippen LogP contribution is 2.21. The first kappa shape index (κ1) is 13.8. The van der Waals surface area contributed by atoms with Crippen molar-refractivity contribution in [1.82, 2.24) is 4.90 Å². The minimum Gasteiger partial charge on any atom is -0.380 e. The molecule has 0 heterocycles. The molecule has 2 heteroatoms. The minimum absolute atomic E-state index is 0.774.